The highest BCUT2D eigenvalue weighted by atomic mass is 35.5. The van der Waals surface area contributed by atoms with Crippen molar-refractivity contribution in [3.63, 3.8) is 0 Å². The maximum atomic E-state index is 15.8. The van der Waals surface area contributed by atoms with E-state index in [2.05, 4.69) is 20.2 Å². The Morgan fingerprint density at radius 1 is 1.02 bits per heavy atom. The Bertz CT molecular complexity index is 1710. The smallest absolute Gasteiger partial charge is 0.271 e. The Morgan fingerprint density at radius 2 is 1.79 bits per heavy atom. The van der Waals surface area contributed by atoms with Crippen LogP contribution in [0.2, 0.25) is 5.02 Å². The minimum absolute atomic E-state index is 0.0696. The van der Waals surface area contributed by atoms with Gasteiger partial charge in [-0.3, -0.25) is 4.90 Å². The number of likely N-dealkylation sites (tertiary alicyclic amines) is 1. The zero-order valence-corrected chi connectivity index (χ0v) is 25.1. The van der Waals surface area contributed by atoms with Gasteiger partial charge in [0.1, 0.15) is 34.5 Å². The van der Waals surface area contributed by atoms with Gasteiger partial charge in [-0.25, -0.2) is 31.5 Å². The van der Waals surface area contributed by atoms with Crippen molar-refractivity contribution >= 4 is 33.1 Å². The van der Waals surface area contributed by atoms with Crippen molar-refractivity contribution in [2.45, 2.75) is 31.0 Å². The van der Waals surface area contributed by atoms with E-state index in [4.69, 9.17) is 21.1 Å². The molecule has 0 aliphatic carbocycles. The van der Waals surface area contributed by atoms with Gasteiger partial charge in [0.15, 0.2) is 10.7 Å². The summed E-state index contributed by atoms with van der Waals surface area (Å²) in [5, 5.41) is 2.43. The first-order valence-electron chi connectivity index (χ1n) is 13.4. The van der Waals surface area contributed by atoms with Crippen LogP contribution >= 0.6 is 11.6 Å². The summed E-state index contributed by atoms with van der Waals surface area (Å²) in [7, 11) is -2.00. The van der Waals surface area contributed by atoms with Crippen LogP contribution in [-0.2, 0) is 29.7 Å². The number of nitrogens with zero attached hydrogens (tertiary/aromatic N) is 4. The van der Waals surface area contributed by atoms with E-state index in [1.807, 2.05) is 24.3 Å². The fourth-order valence-corrected chi connectivity index (χ4v) is 6.56. The lowest BCUT2D eigenvalue weighted by Gasteiger charge is -2.31. The van der Waals surface area contributed by atoms with Crippen LogP contribution in [0.1, 0.15) is 23.1 Å². The lowest BCUT2D eigenvalue weighted by atomic mass is 10.1. The fourth-order valence-electron chi connectivity index (χ4n) is 4.77. The van der Waals surface area contributed by atoms with Crippen molar-refractivity contribution in [2.24, 2.45) is 0 Å². The van der Waals surface area contributed by atoms with Crippen LogP contribution in [-0.4, -0.2) is 50.6 Å². The number of aromatic nitrogens is 2. The van der Waals surface area contributed by atoms with Gasteiger partial charge >= 0.3 is 0 Å². The Labute approximate surface area is 254 Å². The molecule has 2 heterocycles. The molecule has 9 nitrogen and oxygen atoms in total. The number of benzene rings is 3. The number of sulfonamides is 1. The second kappa shape index (κ2) is 13.1. The first-order valence-corrected chi connectivity index (χ1v) is 15.2. The Morgan fingerprint density at radius 3 is 2.44 bits per heavy atom. The van der Waals surface area contributed by atoms with Gasteiger partial charge < -0.3 is 14.8 Å². The quantitative estimate of drug-likeness (QED) is 0.201. The van der Waals surface area contributed by atoms with Crippen molar-refractivity contribution in [1.82, 2.24) is 14.9 Å². The molecule has 0 radical (unpaired) electrons. The number of halogens is 3. The summed E-state index contributed by atoms with van der Waals surface area (Å²) in [4.78, 5) is 8.96. The van der Waals surface area contributed by atoms with E-state index in [1.165, 1.54) is 26.5 Å². The molecular weight excluding hydrogens is 600 g/mol. The highest BCUT2D eigenvalue weighted by molar-refractivity contribution is 7.92. The van der Waals surface area contributed by atoms with E-state index in [0.717, 1.165) is 53.9 Å². The van der Waals surface area contributed by atoms with Gasteiger partial charge in [0.05, 0.1) is 26.5 Å². The van der Waals surface area contributed by atoms with E-state index >= 15 is 8.78 Å². The molecule has 0 atom stereocenters. The van der Waals surface area contributed by atoms with Crippen LogP contribution in [0.5, 0.6) is 11.5 Å². The first-order chi connectivity index (χ1) is 20.7. The summed E-state index contributed by atoms with van der Waals surface area (Å²) < 4.78 is 70.8. The predicted molar refractivity (Wildman–Crippen MR) is 160 cm³/mol. The summed E-state index contributed by atoms with van der Waals surface area (Å²) in [6, 6.07) is 14.7. The molecule has 13 heteroatoms. The predicted octanol–water partition coefficient (Wildman–Crippen LogP) is 5.64. The maximum Gasteiger partial charge on any atom is 0.271 e. The Hall–Kier alpha value is -4.00. The molecule has 0 unspecified atom stereocenters. The number of methoxy groups -OCH3 is 2. The van der Waals surface area contributed by atoms with E-state index in [1.54, 1.807) is 18.2 Å². The largest absolute Gasteiger partial charge is 0.497 e. The van der Waals surface area contributed by atoms with Crippen LogP contribution in [0.25, 0.3) is 0 Å². The minimum atomic E-state index is -4.89. The van der Waals surface area contributed by atoms with E-state index in [9.17, 15) is 8.42 Å². The van der Waals surface area contributed by atoms with Gasteiger partial charge in [0, 0.05) is 43.0 Å². The molecule has 0 bridgehead atoms. The van der Waals surface area contributed by atoms with Gasteiger partial charge in [-0.1, -0.05) is 35.9 Å². The Kier molecular flexibility index (Phi) is 9.28. The van der Waals surface area contributed by atoms with Gasteiger partial charge in [0.2, 0.25) is 0 Å². The molecule has 5 rings (SSSR count). The lowest BCUT2D eigenvalue weighted by Crippen LogP contribution is -2.36. The summed E-state index contributed by atoms with van der Waals surface area (Å²) >= 11 is 6.34. The summed E-state index contributed by atoms with van der Waals surface area (Å²) in [6.07, 6.45) is 3.62. The Balaban J connectivity index is 1.47. The van der Waals surface area contributed by atoms with E-state index < -0.39 is 31.6 Å². The molecule has 0 spiro atoms. The molecule has 226 valence electrons. The standard InChI is InChI=1S/C30H30ClF2N5O4S/c1-41-23-9-8-22(26(14-23)42-2)18-38(27-10-11-34-19-36-27)43(39,40)30-24(32)15-25(28(31)29(30)33)35-16-20-6-3-4-7-21(20)17-37-12-5-13-37/h3-4,6-11,14-15,19,35H,5,12-13,16-18H2,1-2H3. The fraction of sp³-hybridized carbons (Fsp3) is 0.267. The molecule has 1 aromatic heterocycles. The van der Waals surface area contributed by atoms with Crippen molar-refractivity contribution in [1.29, 1.82) is 0 Å². The number of ether oxygens (including phenoxy) is 2. The number of nitrogens with one attached hydrogen (secondary N) is 1. The molecule has 3 aromatic carbocycles. The average Bonchev–Trinajstić information content (AvgIpc) is 2.99. The molecule has 43 heavy (non-hydrogen) atoms. The highest BCUT2D eigenvalue weighted by Crippen LogP contribution is 2.37. The average molecular weight is 630 g/mol. The SMILES string of the molecule is COc1ccc(CN(c2ccncn2)S(=O)(=O)c2c(F)cc(NCc3ccccc3CN3CCC3)c(Cl)c2F)c(OC)c1. The zero-order chi connectivity index (χ0) is 30.6. The van der Waals surface area contributed by atoms with Crippen LogP contribution in [0, 0.1) is 11.6 Å². The molecule has 1 aliphatic heterocycles. The molecule has 0 saturated carbocycles. The second-order valence-electron chi connectivity index (χ2n) is 9.87. The van der Waals surface area contributed by atoms with Gasteiger partial charge in [-0.2, -0.15) is 0 Å². The summed E-state index contributed by atoms with van der Waals surface area (Å²) in [5.74, 6) is -2.05. The third-order valence-electron chi connectivity index (χ3n) is 7.22. The van der Waals surface area contributed by atoms with E-state index in [-0.39, 0.29) is 24.6 Å². The normalized spacial score (nSPS) is 13.3. The maximum absolute atomic E-state index is 15.8. The molecular formula is C30H30ClF2N5O4S. The summed E-state index contributed by atoms with van der Waals surface area (Å²) in [5.41, 5.74) is 2.35. The minimum Gasteiger partial charge on any atom is -0.497 e. The number of rotatable bonds is 12. The summed E-state index contributed by atoms with van der Waals surface area (Å²) in [6.45, 7) is 2.69. The van der Waals surface area contributed by atoms with Crippen LogP contribution in [0.15, 0.2) is 72.0 Å². The molecule has 4 aromatic rings. The number of hydrogen-bond acceptors (Lipinski definition) is 8. The van der Waals surface area contributed by atoms with Crippen LogP contribution in [0.3, 0.4) is 0 Å². The van der Waals surface area contributed by atoms with Crippen LogP contribution < -0.4 is 19.1 Å². The monoisotopic (exact) mass is 629 g/mol. The van der Waals surface area contributed by atoms with Crippen molar-refractivity contribution < 1.29 is 26.7 Å². The zero-order valence-electron chi connectivity index (χ0n) is 23.6. The lowest BCUT2D eigenvalue weighted by molar-refractivity contribution is 0.172. The van der Waals surface area contributed by atoms with Crippen molar-refractivity contribution in [3.05, 3.63) is 100 Å². The van der Waals surface area contributed by atoms with Crippen molar-refractivity contribution in [3.8, 4) is 11.5 Å². The molecule has 1 saturated heterocycles. The first kappa shape index (κ1) is 30.5. The number of anilines is 2. The third-order valence-corrected chi connectivity index (χ3v) is 9.38. The molecule has 1 aliphatic rings. The molecule has 1 fully saturated rings. The van der Waals surface area contributed by atoms with Gasteiger partial charge in [-0.05, 0) is 42.8 Å². The van der Waals surface area contributed by atoms with Crippen LogP contribution in [0.4, 0.5) is 20.3 Å². The van der Waals surface area contributed by atoms with E-state index in [0.29, 0.717) is 17.1 Å². The number of hydrogen-bond donors (Lipinski definition) is 1. The second-order valence-corrected chi connectivity index (χ2v) is 12.0. The highest BCUT2D eigenvalue weighted by Gasteiger charge is 2.35. The molecule has 0 amide bonds. The van der Waals surface area contributed by atoms with Gasteiger partial charge in [-0.15, -0.1) is 0 Å². The topological polar surface area (TPSA) is 96.9 Å². The third kappa shape index (κ3) is 6.51. The molecule has 1 N–H and O–H groups in total. The van der Waals surface area contributed by atoms with Crippen molar-refractivity contribution in [2.75, 3.05) is 36.9 Å². The van der Waals surface area contributed by atoms with Gasteiger partial charge in [0.25, 0.3) is 10.0 Å².